The van der Waals surface area contributed by atoms with E-state index < -0.39 is 0 Å². The number of nitrogens with zero attached hydrogens (tertiary/aromatic N) is 1. The van der Waals surface area contributed by atoms with Crippen molar-refractivity contribution in [2.24, 2.45) is 5.73 Å². The van der Waals surface area contributed by atoms with Crippen LogP contribution in [0.5, 0.6) is 5.75 Å². The van der Waals surface area contributed by atoms with Crippen LogP contribution in [0.3, 0.4) is 0 Å². The topological polar surface area (TPSA) is 38.5 Å². The Morgan fingerprint density at radius 3 is 2.75 bits per heavy atom. The van der Waals surface area contributed by atoms with Crippen LogP contribution >= 0.6 is 11.6 Å². The Morgan fingerprint density at radius 1 is 1.44 bits per heavy atom. The lowest BCUT2D eigenvalue weighted by molar-refractivity contribution is 0.232. The van der Waals surface area contributed by atoms with E-state index in [1.54, 1.807) is 0 Å². The highest BCUT2D eigenvalue weighted by Crippen LogP contribution is 2.22. The van der Waals surface area contributed by atoms with E-state index in [1.807, 2.05) is 38.2 Å². The number of hydrogen-bond acceptors (Lipinski definition) is 3. The maximum atomic E-state index is 5.97. The molecule has 0 aliphatic rings. The van der Waals surface area contributed by atoms with E-state index in [2.05, 4.69) is 4.90 Å². The Kier molecular flexibility index (Phi) is 5.60. The molecule has 16 heavy (non-hydrogen) atoms. The summed E-state index contributed by atoms with van der Waals surface area (Å²) in [6.07, 6.45) is 0. The van der Waals surface area contributed by atoms with Gasteiger partial charge in [-0.05, 0) is 26.1 Å². The van der Waals surface area contributed by atoms with Crippen molar-refractivity contribution < 1.29 is 4.74 Å². The van der Waals surface area contributed by atoms with Crippen molar-refractivity contribution in [3.8, 4) is 5.75 Å². The molecule has 4 heteroatoms. The summed E-state index contributed by atoms with van der Waals surface area (Å²) in [4.78, 5) is 2.14. The van der Waals surface area contributed by atoms with E-state index in [1.165, 1.54) is 0 Å². The highest BCUT2D eigenvalue weighted by atomic mass is 35.5. The largest absolute Gasteiger partial charge is 0.491 e. The zero-order valence-electron chi connectivity index (χ0n) is 9.82. The van der Waals surface area contributed by atoms with Crippen LogP contribution in [0.25, 0.3) is 0 Å². The van der Waals surface area contributed by atoms with Crippen LogP contribution < -0.4 is 10.5 Å². The number of ether oxygens (including phenoxy) is 1. The van der Waals surface area contributed by atoms with Gasteiger partial charge in [-0.2, -0.15) is 0 Å². The third-order valence-electron chi connectivity index (χ3n) is 2.17. The SMILES string of the molecule is CC(N)CN(C)CCOc1ccccc1Cl. The zero-order chi connectivity index (χ0) is 12.0. The lowest BCUT2D eigenvalue weighted by Gasteiger charge is -2.19. The quantitative estimate of drug-likeness (QED) is 0.829. The lowest BCUT2D eigenvalue weighted by atomic mass is 10.3. The van der Waals surface area contributed by atoms with Crippen LogP contribution in [0.1, 0.15) is 6.92 Å². The Morgan fingerprint density at radius 2 is 2.12 bits per heavy atom. The number of likely N-dealkylation sites (N-methyl/N-ethyl adjacent to an activating group) is 1. The van der Waals surface area contributed by atoms with E-state index >= 15 is 0 Å². The van der Waals surface area contributed by atoms with Crippen LogP contribution in [-0.2, 0) is 0 Å². The van der Waals surface area contributed by atoms with Crippen LogP contribution in [0.15, 0.2) is 24.3 Å². The van der Waals surface area contributed by atoms with Crippen molar-refractivity contribution in [1.82, 2.24) is 4.90 Å². The highest BCUT2D eigenvalue weighted by molar-refractivity contribution is 6.32. The summed E-state index contributed by atoms with van der Waals surface area (Å²) in [5.41, 5.74) is 5.70. The average molecular weight is 243 g/mol. The molecule has 0 saturated heterocycles. The van der Waals surface area contributed by atoms with E-state index in [9.17, 15) is 0 Å². The molecule has 1 unspecified atom stereocenters. The summed E-state index contributed by atoms with van der Waals surface area (Å²) in [5.74, 6) is 0.735. The van der Waals surface area contributed by atoms with Gasteiger partial charge in [-0.1, -0.05) is 23.7 Å². The van der Waals surface area contributed by atoms with Gasteiger partial charge in [-0.25, -0.2) is 0 Å². The summed E-state index contributed by atoms with van der Waals surface area (Å²) in [6.45, 7) is 4.32. The minimum atomic E-state index is 0.185. The molecule has 1 aromatic carbocycles. The average Bonchev–Trinajstić information content (AvgIpc) is 2.19. The first-order valence-corrected chi connectivity index (χ1v) is 5.79. The molecule has 0 radical (unpaired) electrons. The van der Waals surface area contributed by atoms with Crippen LogP contribution in [0.2, 0.25) is 5.02 Å². The van der Waals surface area contributed by atoms with Crippen molar-refractivity contribution in [3.63, 3.8) is 0 Å². The van der Waals surface area contributed by atoms with Crippen LogP contribution in [-0.4, -0.2) is 37.7 Å². The molecule has 0 saturated carbocycles. The summed E-state index contributed by atoms with van der Waals surface area (Å²) >= 11 is 5.97. The van der Waals surface area contributed by atoms with Gasteiger partial charge in [0.25, 0.3) is 0 Å². The standard InChI is InChI=1S/C12H19ClN2O/c1-10(14)9-15(2)7-8-16-12-6-4-3-5-11(12)13/h3-6,10H,7-9,14H2,1-2H3. The van der Waals surface area contributed by atoms with Crippen molar-refractivity contribution in [2.75, 3.05) is 26.7 Å². The molecule has 3 nitrogen and oxygen atoms in total. The molecule has 0 bridgehead atoms. The molecule has 0 heterocycles. The van der Waals surface area contributed by atoms with Gasteiger partial charge in [-0.3, -0.25) is 0 Å². The number of benzene rings is 1. The molecule has 1 rings (SSSR count). The number of nitrogens with two attached hydrogens (primary N) is 1. The summed E-state index contributed by atoms with van der Waals surface area (Å²) in [6, 6.07) is 7.67. The van der Waals surface area contributed by atoms with Crippen LogP contribution in [0, 0.1) is 0 Å². The normalized spacial score (nSPS) is 12.8. The molecular weight excluding hydrogens is 224 g/mol. The maximum Gasteiger partial charge on any atom is 0.137 e. The Balaban J connectivity index is 2.28. The molecule has 0 amide bonds. The van der Waals surface area contributed by atoms with Crippen molar-refractivity contribution in [2.45, 2.75) is 13.0 Å². The molecule has 0 fully saturated rings. The smallest absolute Gasteiger partial charge is 0.137 e. The highest BCUT2D eigenvalue weighted by Gasteiger charge is 2.03. The maximum absolute atomic E-state index is 5.97. The third-order valence-corrected chi connectivity index (χ3v) is 2.48. The second-order valence-corrected chi connectivity index (χ2v) is 4.43. The van der Waals surface area contributed by atoms with Gasteiger partial charge >= 0.3 is 0 Å². The van der Waals surface area contributed by atoms with Crippen molar-refractivity contribution in [1.29, 1.82) is 0 Å². The number of para-hydroxylation sites is 1. The fourth-order valence-corrected chi connectivity index (χ4v) is 1.65. The fraction of sp³-hybridized carbons (Fsp3) is 0.500. The number of rotatable bonds is 6. The molecule has 1 atom stereocenters. The number of halogens is 1. The van der Waals surface area contributed by atoms with E-state index in [0.29, 0.717) is 11.6 Å². The summed E-state index contributed by atoms with van der Waals surface area (Å²) in [7, 11) is 2.03. The minimum absolute atomic E-state index is 0.185. The van der Waals surface area contributed by atoms with Crippen LogP contribution in [0.4, 0.5) is 0 Å². The molecular formula is C12H19ClN2O. The van der Waals surface area contributed by atoms with Gasteiger partial charge < -0.3 is 15.4 Å². The Hall–Kier alpha value is -0.770. The van der Waals surface area contributed by atoms with Gasteiger partial charge in [0.15, 0.2) is 0 Å². The molecule has 1 aromatic rings. The molecule has 0 spiro atoms. The molecule has 90 valence electrons. The number of hydrogen-bond donors (Lipinski definition) is 1. The van der Waals surface area contributed by atoms with Gasteiger partial charge in [0.2, 0.25) is 0 Å². The van der Waals surface area contributed by atoms with Gasteiger partial charge in [0, 0.05) is 19.1 Å². The zero-order valence-corrected chi connectivity index (χ0v) is 10.6. The second-order valence-electron chi connectivity index (χ2n) is 4.02. The minimum Gasteiger partial charge on any atom is -0.491 e. The monoisotopic (exact) mass is 242 g/mol. The predicted molar refractivity (Wildman–Crippen MR) is 68.1 cm³/mol. The van der Waals surface area contributed by atoms with Crippen molar-refractivity contribution in [3.05, 3.63) is 29.3 Å². The first kappa shape index (κ1) is 13.3. The molecule has 2 N–H and O–H groups in total. The molecule has 0 aliphatic heterocycles. The summed E-state index contributed by atoms with van der Waals surface area (Å²) in [5, 5.41) is 0.650. The molecule has 0 aliphatic carbocycles. The Bertz CT molecular complexity index is 318. The van der Waals surface area contributed by atoms with Gasteiger partial charge in [0.1, 0.15) is 12.4 Å². The van der Waals surface area contributed by atoms with Gasteiger partial charge in [0.05, 0.1) is 5.02 Å². The van der Waals surface area contributed by atoms with E-state index in [0.717, 1.165) is 18.8 Å². The fourth-order valence-electron chi connectivity index (χ4n) is 1.46. The molecule has 0 aromatic heterocycles. The van der Waals surface area contributed by atoms with E-state index in [4.69, 9.17) is 22.1 Å². The lowest BCUT2D eigenvalue weighted by Crippen LogP contribution is -2.35. The third kappa shape index (κ3) is 4.84. The second kappa shape index (κ2) is 6.74. The Labute approximate surface area is 102 Å². The summed E-state index contributed by atoms with van der Waals surface area (Å²) < 4.78 is 5.57. The predicted octanol–water partition coefficient (Wildman–Crippen LogP) is 2.00. The first-order chi connectivity index (χ1) is 7.59. The van der Waals surface area contributed by atoms with Crippen molar-refractivity contribution >= 4 is 11.6 Å². The van der Waals surface area contributed by atoms with Gasteiger partial charge in [-0.15, -0.1) is 0 Å². The van der Waals surface area contributed by atoms with E-state index in [-0.39, 0.29) is 6.04 Å². The first-order valence-electron chi connectivity index (χ1n) is 5.41.